The summed E-state index contributed by atoms with van der Waals surface area (Å²) >= 11 is 0. The fraction of sp³-hybridized carbons (Fsp3) is 0.150. The van der Waals surface area contributed by atoms with Gasteiger partial charge in [0, 0.05) is 91.0 Å². The summed E-state index contributed by atoms with van der Waals surface area (Å²) in [5.74, 6) is -0.258. The van der Waals surface area contributed by atoms with E-state index < -0.39 is 24.2 Å². The molecule has 18 aromatic rings. The first-order chi connectivity index (χ1) is 67.1. The van der Waals surface area contributed by atoms with Gasteiger partial charge in [-0.05, 0) is 276 Å². The smallest absolute Gasteiger partial charge is 0.251 e. The molecular weight excluding hydrogens is 1730 g/mol. The average molecular weight is 1850 g/mol. The number of para-hydroxylation sites is 4. The lowest BCUT2D eigenvalue weighted by molar-refractivity contribution is 0.568. The molecule has 0 unspecified atom stereocenters. The number of nitrogens with zero attached hydrogens (tertiary/aromatic N) is 6. The van der Waals surface area contributed by atoms with Crippen molar-refractivity contribution < 1.29 is 4.39 Å². The lowest BCUT2D eigenvalue weighted by atomic mass is 9.33. The number of benzene rings is 18. The van der Waals surface area contributed by atoms with Crippen molar-refractivity contribution in [3.63, 3.8) is 0 Å². The third-order valence-electron chi connectivity index (χ3n) is 30.1. The number of halogens is 1. The van der Waals surface area contributed by atoms with E-state index in [0.29, 0.717) is 0 Å². The van der Waals surface area contributed by atoms with Crippen LogP contribution in [0.15, 0.2) is 425 Å². The largest absolute Gasteiger partial charge is 0.311 e. The maximum absolute atomic E-state index is 15.1. The van der Waals surface area contributed by atoms with E-state index in [1.165, 1.54) is 142 Å². The Hall–Kier alpha value is -14.5. The third-order valence-corrected chi connectivity index (χ3v) is 42.0. The Morgan fingerprint density at radius 2 is 0.453 bits per heavy atom. The zero-order valence-electron chi connectivity index (χ0n) is 82.1. The van der Waals surface area contributed by atoms with Crippen molar-refractivity contribution in [1.29, 1.82) is 0 Å². The van der Waals surface area contributed by atoms with Gasteiger partial charge in [0.25, 0.3) is 13.4 Å². The Morgan fingerprint density at radius 3 is 0.691 bits per heavy atom. The van der Waals surface area contributed by atoms with Gasteiger partial charge in [0.2, 0.25) is 0 Å². The summed E-state index contributed by atoms with van der Waals surface area (Å²) in [6, 6.07) is 159. The molecule has 0 aliphatic carbocycles. The third kappa shape index (κ3) is 14.4. The first kappa shape index (κ1) is 88.4. The van der Waals surface area contributed by atoms with Gasteiger partial charge in [-0.1, -0.05) is 375 Å². The highest BCUT2D eigenvalue weighted by Gasteiger charge is 2.59. The van der Waals surface area contributed by atoms with E-state index in [2.05, 4.69) is 533 Å². The Morgan fingerprint density at radius 1 is 0.223 bits per heavy atom. The van der Waals surface area contributed by atoms with Crippen molar-refractivity contribution in [2.45, 2.75) is 124 Å². The molecule has 6 aliphatic rings. The van der Waals surface area contributed by atoms with Gasteiger partial charge in [-0.15, -0.1) is 0 Å². The minimum atomic E-state index is -3.05. The van der Waals surface area contributed by atoms with Crippen LogP contribution in [-0.2, 0) is 21.7 Å². The first-order valence-corrected chi connectivity index (χ1v) is 56.9. The zero-order valence-corrected chi connectivity index (χ0v) is 85.1. The predicted molar refractivity (Wildman–Crippen MR) is 602 cm³/mol. The van der Waals surface area contributed by atoms with Gasteiger partial charge in [0.1, 0.15) is 5.82 Å². The minimum absolute atomic E-state index is 0.0111. The molecular formula is C127H115B2FN6Si3. The van der Waals surface area contributed by atoms with E-state index in [1.54, 1.807) is 12.1 Å². The van der Waals surface area contributed by atoms with Crippen molar-refractivity contribution in [2.24, 2.45) is 0 Å². The van der Waals surface area contributed by atoms with E-state index in [4.69, 9.17) is 0 Å². The SMILES string of the molecule is CC(C)(C)c1cc(N2c3cc(N(c4ccccc4)c4ccccc4)cc4c3B3c5c(cccc5[Si](c5ccccc5)(c5ccccc5)c5cccc2c53)N4c2ccc(F)cc2)cc(C(C)(C)C)c1.CC(C)(C)c1cc(N2c3cc(N(c4ccccc4)c4ccccc4)cc4c3B3c5c(cccc5[Si](c5ccccc5)(c5ccccc5)c5cccc2c53)N4c2ccc([Si](C)(C)C)cc2)cc(C(C)(C)C)c1. The summed E-state index contributed by atoms with van der Waals surface area (Å²) in [4.78, 5) is 15.2. The summed E-state index contributed by atoms with van der Waals surface area (Å²) in [5, 5.41) is 12.7. The summed E-state index contributed by atoms with van der Waals surface area (Å²) in [6.45, 7) is 35.4. The van der Waals surface area contributed by atoms with Crippen LogP contribution >= 0.6 is 0 Å². The van der Waals surface area contributed by atoms with Gasteiger partial charge >= 0.3 is 0 Å². The molecule has 0 amide bonds. The predicted octanol–water partition coefficient (Wildman–Crippen LogP) is 23.7. The highest BCUT2D eigenvalue weighted by atomic mass is 28.3. The topological polar surface area (TPSA) is 19.4 Å². The molecule has 24 rings (SSSR count). The molecule has 6 nitrogen and oxygen atoms in total. The maximum Gasteiger partial charge on any atom is 0.251 e. The van der Waals surface area contributed by atoms with Crippen LogP contribution in [0.4, 0.5) is 107 Å². The van der Waals surface area contributed by atoms with Crippen LogP contribution in [0.3, 0.4) is 0 Å². The number of hydrogen-bond acceptors (Lipinski definition) is 6. The van der Waals surface area contributed by atoms with Crippen molar-refractivity contribution in [2.75, 3.05) is 29.4 Å². The van der Waals surface area contributed by atoms with Gasteiger partial charge in [-0.2, -0.15) is 0 Å². The van der Waals surface area contributed by atoms with Crippen LogP contribution < -0.4 is 109 Å². The van der Waals surface area contributed by atoms with Crippen molar-refractivity contribution in [1.82, 2.24) is 0 Å². The Balaban J connectivity index is 0.000000156. The van der Waals surface area contributed by atoms with Crippen LogP contribution in [0.25, 0.3) is 0 Å². The Labute approximate surface area is 824 Å². The molecule has 0 saturated heterocycles. The molecule has 0 N–H and O–H groups in total. The van der Waals surface area contributed by atoms with Gasteiger partial charge in [0.15, 0.2) is 16.1 Å². The molecule has 0 atom stereocenters. The maximum atomic E-state index is 15.1. The zero-order chi connectivity index (χ0) is 95.6. The highest BCUT2D eigenvalue weighted by molar-refractivity contribution is 7.28. The van der Waals surface area contributed by atoms with Gasteiger partial charge in [-0.3, -0.25) is 0 Å². The van der Waals surface area contributed by atoms with Crippen molar-refractivity contribution in [3.05, 3.63) is 453 Å². The molecule has 12 heteroatoms. The highest BCUT2D eigenvalue weighted by Crippen LogP contribution is 2.54. The molecule has 0 bridgehead atoms. The monoisotopic (exact) mass is 1850 g/mol. The summed E-state index contributed by atoms with van der Waals surface area (Å²) < 4.78 is 15.1. The van der Waals surface area contributed by atoms with E-state index in [9.17, 15) is 0 Å². The molecule has 6 heterocycles. The Bertz CT molecular complexity index is 7570. The Kier molecular flexibility index (Phi) is 21.3. The summed E-state index contributed by atoms with van der Waals surface area (Å²) in [6.07, 6.45) is 0. The molecule has 18 aromatic carbocycles. The summed E-state index contributed by atoms with van der Waals surface area (Å²) in [5.41, 5.74) is 33.5. The molecule has 6 aliphatic heterocycles. The van der Waals surface area contributed by atoms with Crippen LogP contribution in [0.2, 0.25) is 19.6 Å². The lowest BCUT2D eigenvalue weighted by Gasteiger charge is -2.51. The molecule has 0 aromatic heterocycles. The molecule has 0 fully saturated rings. The minimum Gasteiger partial charge on any atom is -0.311 e. The molecule has 139 heavy (non-hydrogen) atoms. The van der Waals surface area contributed by atoms with E-state index >= 15 is 4.39 Å². The van der Waals surface area contributed by atoms with Crippen LogP contribution in [0, 0.1) is 5.82 Å². The van der Waals surface area contributed by atoms with Crippen molar-refractivity contribution >= 4 is 219 Å². The normalized spacial score (nSPS) is 14.2. The van der Waals surface area contributed by atoms with Gasteiger partial charge in [-0.25, -0.2) is 4.39 Å². The average Bonchev–Trinajstić information content (AvgIpc) is 0.664. The van der Waals surface area contributed by atoms with Crippen molar-refractivity contribution in [3.8, 4) is 0 Å². The van der Waals surface area contributed by atoms with E-state index in [0.717, 1.165) is 62.6 Å². The van der Waals surface area contributed by atoms with E-state index in [1.807, 2.05) is 12.1 Å². The number of hydrogen-bond donors (Lipinski definition) is 0. The second-order valence-corrected chi connectivity index (χ2v) is 56.3. The molecule has 0 saturated carbocycles. The second-order valence-electron chi connectivity index (χ2n) is 43.7. The molecule has 0 radical (unpaired) electrons. The number of rotatable bonds is 15. The standard InChI is InChI=1S/C65H62BN3Si2.C62H53BFN3Si/c1-64(2,3)45-40-46(65(4,5)6)42-50(41-45)69-56-33-23-35-60-63(56)66-61-57(43-51(44-58(61)69)67(47-24-14-10-15-25-47)48-26-16-11-17-27-48)68(49-36-38-52(39-37-49)70(7,8)9)55-32-22-34-59(62(55)66)71(60,53-28-18-12-19-29-53)54-30-20-13-21-31-54;1-61(2,3)42-37-43(62(4,5)6)39-48(38-42)67-53-30-20-32-57-60(53)63-58-54(40-49(41-55(58)67)65(45-21-11-7-12-22-45)46-23-13-8-14-24-46)66(47-35-33-44(64)34-36-47)52-29-19-31-56(59(52)63)68(57,50-25-15-9-16-26-50)51-27-17-10-18-28-51/h10-44H,1-9H3;7-41H,1-6H3. The molecule has 0 spiro atoms. The fourth-order valence-electron chi connectivity index (χ4n) is 23.6. The van der Waals surface area contributed by atoms with Crippen LogP contribution in [0.5, 0.6) is 0 Å². The van der Waals surface area contributed by atoms with Gasteiger partial charge in [0.05, 0.1) is 19.4 Å². The summed E-state index contributed by atoms with van der Waals surface area (Å²) in [7, 11) is -7.66. The second kappa shape index (κ2) is 33.4. The fourth-order valence-corrected chi connectivity index (χ4v) is 35.3. The lowest BCUT2D eigenvalue weighted by Crippen LogP contribution is -2.88. The molecule has 678 valence electrons. The van der Waals surface area contributed by atoms with Gasteiger partial charge < -0.3 is 29.4 Å². The van der Waals surface area contributed by atoms with Crippen LogP contribution in [0.1, 0.15) is 105 Å². The quantitative estimate of drug-likeness (QED) is 0.0946. The van der Waals surface area contributed by atoms with Crippen LogP contribution in [-0.4, -0.2) is 37.6 Å². The first-order valence-electron chi connectivity index (χ1n) is 49.4. The number of anilines is 18. The van der Waals surface area contributed by atoms with E-state index in [-0.39, 0.29) is 40.9 Å².